The third kappa shape index (κ3) is 1.64. The van der Waals surface area contributed by atoms with Crippen molar-refractivity contribution < 1.29 is 14.7 Å². The summed E-state index contributed by atoms with van der Waals surface area (Å²) in [5.74, 6) is -0.0886. The quantitative estimate of drug-likeness (QED) is 0.612. The fourth-order valence-electron chi connectivity index (χ4n) is 1.47. The Hall–Kier alpha value is -0.900. The number of aliphatic hydroxyl groups excluding tert-OH is 1. The minimum absolute atomic E-state index is 0.000556. The van der Waals surface area contributed by atoms with Crippen LogP contribution in [0.4, 0.5) is 0 Å². The highest BCUT2D eigenvalue weighted by atomic mass is 16.3. The molecule has 1 rings (SSSR count). The minimum atomic E-state index is -0.675. The number of Topliss-reactive ketones (excluding diaryl/α,β-unsaturated/α-hetero) is 1. The van der Waals surface area contributed by atoms with Gasteiger partial charge in [0.1, 0.15) is 5.78 Å². The molecule has 1 amide bonds. The molecule has 2 atom stereocenters. The predicted molar refractivity (Wildman–Crippen MR) is 42.5 cm³/mol. The SMILES string of the molecule is CC(=O)C[C@H]1[C@H](O)CC(=O)N1C. The Morgan fingerprint density at radius 3 is 2.67 bits per heavy atom. The number of nitrogens with zero attached hydrogens (tertiary/aromatic N) is 1. The summed E-state index contributed by atoms with van der Waals surface area (Å²) in [4.78, 5) is 23.2. The normalized spacial score (nSPS) is 29.6. The summed E-state index contributed by atoms with van der Waals surface area (Å²) >= 11 is 0. The van der Waals surface area contributed by atoms with Crippen LogP contribution in [0.1, 0.15) is 19.8 Å². The Morgan fingerprint density at radius 1 is 1.75 bits per heavy atom. The van der Waals surface area contributed by atoms with E-state index in [-0.39, 0.29) is 30.6 Å². The van der Waals surface area contributed by atoms with Crippen molar-refractivity contribution in [3.63, 3.8) is 0 Å². The molecule has 0 aromatic rings. The summed E-state index contributed by atoms with van der Waals surface area (Å²) in [5, 5.41) is 9.36. The number of likely N-dealkylation sites (tertiary alicyclic amines) is 1. The molecule has 12 heavy (non-hydrogen) atoms. The van der Waals surface area contributed by atoms with Crippen LogP contribution in [0.3, 0.4) is 0 Å². The molecular weight excluding hydrogens is 158 g/mol. The van der Waals surface area contributed by atoms with Crippen LogP contribution in [0.5, 0.6) is 0 Å². The number of aliphatic hydroxyl groups is 1. The Labute approximate surface area is 71.2 Å². The van der Waals surface area contributed by atoms with Gasteiger partial charge in [0, 0.05) is 13.5 Å². The second-order valence-corrected chi connectivity index (χ2v) is 3.25. The molecular formula is C8H13NO3. The van der Waals surface area contributed by atoms with E-state index >= 15 is 0 Å². The zero-order chi connectivity index (χ0) is 9.30. The molecule has 0 bridgehead atoms. The zero-order valence-electron chi connectivity index (χ0n) is 7.28. The van der Waals surface area contributed by atoms with Crippen LogP contribution in [-0.2, 0) is 9.59 Å². The van der Waals surface area contributed by atoms with Crippen molar-refractivity contribution in [2.75, 3.05) is 7.05 Å². The molecule has 0 radical (unpaired) electrons. The number of hydrogen-bond acceptors (Lipinski definition) is 3. The molecule has 1 aliphatic heterocycles. The van der Waals surface area contributed by atoms with Crippen LogP contribution in [0.25, 0.3) is 0 Å². The van der Waals surface area contributed by atoms with E-state index in [1.165, 1.54) is 11.8 Å². The average molecular weight is 171 g/mol. The van der Waals surface area contributed by atoms with E-state index in [2.05, 4.69) is 0 Å². The average Bonchev–Trinajstić information content (AvgIpc) is 2.16. The lowest BCUT2D eigenvalue weighted by atomic mass is 10.1. The van der Waals surface area contributed by atoms with Crippen LogP contribution in [-0.4, -0.2) is 40.9 Å². The van der Waals surface area contributed by atoms with Gasteiger partial charge in [-0.1, -0.05) is 0 Å². The van der Waals surface area contributed by atoms with Crippen LogP contribution in [0.15, 0.2) is 0 Å². The van der Waals surface area contributed by atoms with E-state index in [1.54, 1.807) is 7.05 Å². The number of rotatable bonds is 2. The standard InChI is InChI=1S/C8H13NO3/c1-5(10)3-6-7(11)4-8(12)9(6)2/h6-7,11H,3-4H2,1-2H3/t6-,7+/m0/s1. The third-order valence-electron chi connectivity index (χ3n) is 2.22. The lowest BCUT2D eigenvalue weighted by molar-refractivity contribution is -0.128. The van der Waals surface area contributed by atoms with Gasteiger partial charge >= 0.3 is 0 Å². The van der Waals surface area contributed by atoms with E-state index < -0.39 is 6.10 Å². The first-order valence-electron chi connectivity index (χ1n) is 3.95. The molecule has 4 heteroatoms. The highest BCUT2D eigenvalue weighted by Gasteiger charge is 2.36. The summed E-state index contributed by atoms with van der Waals surface area (Å²) in [5.41, 5.74) is 0. The number of hydrogen-bond donors (Lipinski definition) is 1. The molecule has 1 heterocycles. The smallest absolute Gasteiger partial charge is 0.225 e. The highest BCUT2D eigenvalue weighted by Crippen LogP contribution is 2.20. The molecule has 0 aromatic carbocycles. The van der Waals surface area contributed by atoms with Crippen LogP contribution in [0, 0.1) is 0 Å². The Kier molecular flexibility index (Phi) is 2.47. The maximum Gasteiger partial charge on any atom is 0.225 e. The van der Waals surface area contributed by atoms with Crippen molar-refractivity contribution in [2.45, 2.75) is 31.9 Å². The van der Waals surface area contributed by atoms with Crippen LogP contribution >= 0.6 is 0 Å². The summed E-state index contributed by atoms with van der Waals surface area (Å²) in [6.07, 6.45) is -0.274. The zero-order valence-corrected chi connectivity index (χ0v) is 7.28. The molecule has 1 aliphatic rings. The summed E-state index contributed by atoms with van der Waals surface area (Å²) < 4.78 is 0. The fraction of sp³-hybridized carbons (Fsp3) is 0.750. The Bertz CT molecular complexity index is 214. The third-order valence-corrected chi connectivity index (χ3v) is 2.22. The largest absolute Gasteiger partial charge is 0.390 e. The number of carbonyl (C=O) groups excluding carboxylic acids is 2. The van der Waals surface area contributed by atoms with E-state index in [4.69, 9.17) is 0 Å². The summed E-state index contributed by atoms with van der Waals surface area (Å²) in [6, 6.07) is -0.310. The van der Waals surface area contributed by atoms with Gasteiger partial charge in [0.05, 0.1) is 18.6 Å². The minimum Gasteiger partial charge on any atom is -0.390 e. The first kappa shape index (κ1) is 9.19. The van der Waals surface area contributed by atoms with Gasteiger partial charge in [0.15, 0.2) is 0 Å². The molecule has 4 nitrogen and oxygen atoms in total. The molecule has 1 saturated heterocycles. The topological polar surface area (TPSA) is 57.6 Å². The number of likely N-dealkylation sites (N-methyl/N-ethyl adjacent to an activating group) is 1. The van der Waals surface area contributed by atoms with E-state index in [9.17, 15) is 14.7 Å². The monoisotopic (exact) mass is 171 g/mol. The summed E-state index contributed by atoms with van der Waals surface area (Å²) in [7, 11) is 1.62. The molecule has 0 unspecified atom stereocenters. The number of carbonyl (C=O) groups is 2. The molecule has 1 fully saturated rings. The van der Waals surface area contributed by atoms with Gasteiger partial charge in [0.25, 0.3) is 0 Å². The Morgan fingerprint density at radius 2 is 2.33 bits per heavy atom. The molecule has 1 N–H and O–H groups in total. The lowest BCUT2D eigenvalue weighted by Gasteiger charge is -2.20. The maximum atomic E-state index is 11.0. The van der Waals surface area contributed by atoms with Gasteiger partial charge < -0.3 is 10.0 Å². The van der Waals surface area contributed by atoms with E-state index in [0.29, 0.717) is 0 Å². The number of ketones is 1. The second kappa shape index (κ2) is 3.23. The fourth-order valence-corrected chi connectivity index (χ4v) is 1.47. The molecule has 0 aromatic heterocycles. The maximum absolute atomic E-state index is 11.0. The van der Waals surface area contributed by atoms with Gasteiger partial charge in [0.2, 0.25) is 5.91 Å². The van der Waals surface area contributed by atoms with Gasteiger partial charge in [-0.3, -0.25) is 9.59 Å². The van der Waals surface area contributed by atoms with Gasteiger partial charge in [-0.25, -0.2) is 0 Å². The van der Waals surface area contributed by atoms with Crippen molar-refractivity contribution >= 4 is 11.7 Å². The van der Waals surface area contributed by atoms with Gasteiger partial charge in [-0.15, -0.1) is 0 Å². The van der Waals surface area contributed by atoms with Crippen molar-refractivity contribution in [2.24, 2.45) is 0 Å². The first-order valence-corrected chi connectivity index (χ1v) is 3.95. The molecule has 0 spiro atoms. The van der Waals surface area contributed by atoms with Crippen molar-refractivity contribution in [1.29, 1.82) is 0 Å². The van der Waals surface area contributed by atoms with Crippen molar-refractivity contribution in [3.05, 3.63) is 0 Å². The van der Waals surface area contributed by atoms with Crippen LogP contribution in [0.2, 0.25) is 0 Å². The van der Waals surface area contributed by atoms with Gasteiger partial charge in [-0.05, 0) is 6.92 Å². The molecule has 0 saturated carbocycles. The van der Waals surface area contributed by atoms with Crippen LogP contribution < -0.4 is 0 Å². The molecule has 0 aliphatic carbocycles. The first-order chi connectivity index (χ1) is 5.52. The number of amides is 1. The van der Waals surface area contributed by atoms with Crippen molar-refractivity contribution in [1.82, 2.24) is 4.90 Å². The predicted octanol–water partition coefficient (Wildman–Crippen LogP) is -0.443. The molecule has 68 valence electrons. The summed E-state index contributed by atoms with van der Waals surface area (Å²) in [6.45, 7) is 1.46. The van der Waals surface area contributed by atoms with Gasteiger partial charge in [-0.2, -0.15) is 0 Å². The highest BCUT2D eigenvalue weighted by molar-refractivity contribution is 5.82. The van der Waals surface area contributed by atoms with E-state index in [1.807, 2.05) is 0 Å². The van der Waals surface area contributed by atoms with Crippen molar-refractivity contribution in [3.8, 4) is 0 Å². The Balaban J connectivity index is 2.63. The van der Waals surface area contributed by atoms with E-state index in [0.717, 1.165) is 0 Å². The second-order valence-electron chi connectivity index (χ2n) is 3.25. The lowest BCUT2D eigenvalue weighted by Crippen LogP contribution is -2.35.